The maximum Gasteiger partial charge on any atom is 0.426 e. The van der Waals surface area contributed by atoms with E-state index in [1.807, 2.05) is 30.3 Å². The third kappa shape index (κ3) is 4.62. The molecule has 1 aliphatic heterocycles. The number of likely N-dealkylation sites (tertiary alicyclic amines) is 1. The van der Waals surface area contributed by atoms with E-state index in [9.17, 15) is 37.4 Å². The second kappa shape index (κ2) is 9.61. The van der Waals surface area contributed by atoms with Gasteiger partial charge in [-0.25, -0.2) is 4.39 Å². The molecule has 2 fully saturated rings. The Hall–Kier alpha value is -2.94. The van der Waals surface area contributed by atoms with Gasteiger partial charge < -0.3 is 15.1 Å². The molecule has 1 saturated carbocycles. The van der Waals surface area contributed by atoms with Crippen LogP contribution in [0.1, 0.15) is 67.7 Å². The monoisotopic (exact) mass is 547 g/mol. The number of carbonyl (C=O) groups excluding carboxylic acids is 1. The van der Waals surface area contributed by atoms with Crippen molar-refractivity contribution in [1.29, 1.82) is 0 Å². The lowest BCUT2D eigenvalue weighted by molar-refractivity contribution is -0.228. The number of aliphatic carboxylic acids is 1. The number of fused-ring (bicyclic) bond motifs is 3. The van der Waals surface area contributed by atoms with Crippen molar-refractivity contribution in [1.82, 2.24) is 4.90 Å². The lowest BCUT2D eigenvalue weighted by Gasteiger charge is -2.46. The smallest absolute Gasteiger partial charge is 0.426 e. The first-order chi connectivity index (χ1) is 18.3. The molecule has 1 unspecified atom stereocenters. The molecule has 0 radical (unpaired) electrons. The number of halogens is 4. The highest BCUT2D eigenvalue weighted by Gasteiger charge is 2.57. The van der Waals surface area contributed by atoms with Crippen molar-refractivity contribution in [3.8, 4) is 0 Å². The molecular weight excluding hydrogens is 514 g/mol. The van der Waals surface area contributed by atoms with Gasteiger partial charge in [0.2, 0.25) is 5.67 Å². The fourth-order valence-corrected chi connectivity index (χ4v) is 7.05. The van der Waals surface area contributed by atoms with Crippen LogP contribution in [0.25, 0.3) is 0 Å². The Morgan fingerprint density at radius 1 is 1.00 bits per heavy atom. The van der Waals surface area contributed by atoms with E-state index in [1.54, 1.807) is 11.0 Å². The summed E-state index contributed by atoms with van der Waals surface area (Å²) in [4.78, 5) is 26.9. The van der Waals surface area contributed by atoms with Gasteiger partial charge in [-0.3, -0.25) is 9.59 Å². The number of carboxylic acids is 1. The van der Waals surface area contributed by atoms with Crippen LogP contribution in [0.4, 0.5) is 17.6 Å². The average Bonchev–Trinajstić information content (AvgIpc) is 3.27. The van der Waals surface area contributed by atoms with Gasteiger partial charge in [0.05, 0.1) is 5.92 Å². The Labute approximate surface area is 224 Å². The van der Waals surface area contributed by atoms with Crippen LogP contribution >= 0.6 is 0 Å². The number of hydrogen-bond donors (Lipinski definition) is 2. The largest absolute Gasteiger partial charge is 0.481 e. The molecule has 1 amide bonds. The molecule has 210 valence electrons. The molecule has 5 nitrogen and oxygen atoms in total. The Morgan fingerprint density at radius 3 is 2.28 bits per heavy atom. The zero-order valence-electron chi connectivity index (χ0n) is 21.8. The molecule has 39 heavy (non-hydrogen) atoms. The molecule has 1 heterocycles. The first kappa shape index (κ1) is 27.6. The predicted octanol–water partition coefficient (Wildman–Crippen LogP) is 5.47. The van der Waals surface area contributed by atoms with Crippen LogP contribution in [0.3, 0.4) is 0 Å². The Kier molecular flexibility index (Phi) is 6.81. The SMILES string of the molecule is CC(F)(c1ccc2c(c1)CC[C@H]1N(C(=O)[C@]3(O)CC[C@@H](C(=O)O)CC3)CC[C@@]21Cc1ccccc1)C(F)(F)F. The van der Waals surface area contributed by atoms with E-state index in [0.29, 0.717) is 44.7 Å². The van der Waals surface area contributed by atoms with E-state index in [4.69, 9.17) is 0 Å². The molecule has 2 aromatic carbocycles. The highest BCUT2D eigenvalue weighted by molar-refractivity contribution is 5.86. The summed E-state index contributed by atoms with van der Waals surface area (Å²) >= 11 is 0. The van der Waals surface area contributed by atoms with Crippen molar-refractivity contribution in [3.05, 3.63) is 70.8 Å². The summed E-state index contributed by atoms with van der Waals surface area (Å²) in [6.07, 6.45) is -2.53. The molecule has 0 aromatic heterocycles. The van der Waals surface area contributed by atoms with E-state index >= 15 is 0 Å². The number of carbonyl (C=O) groups is 2. The van der Waals surface area contributed by atoms with Crippen molar-refractivity contribution in [2.45, 2.75) is 87.2 Å². The lowest BCUT2D eigenvalue weighted by Crippen LogP contribution is -2.56. The summed E-state index contributed by atoms with van der Waals surface area (Å²) in [7, 11) is 0. The van der Waals surface area contributed by atoms with Crippen LogP contribution in [0.15, 0.2) is 48.5 Å². The van der Waals surface area contributed by atoms with Crippen molar-refractivity contribution in [2.75, 3.05) is 6.54 Å². The number of amides is 1. The third-order valence-electron chi connectivity index (χ3n) is 9.40. The molecule has 2 aromatic rings. The van der Waals surface area contributed by atoms with Gasteiger partial charge in [-0.2, -0.15) is 13.2 Å². The molecule has 1 saturated heterocycles. The molecule has 3 aliphatic rings. The topological polar surface area (TPSA) is 77.8 Å². The van der Waals surface area contributed by atoms with Crippen molar-refractivity contribution < 1.29 is 37.4 Å². The lowest BCUT2D eigenvalue weighted by atomic mass is 9.63. The molecule has 2 N–H and O–H groups in total. The number of alkyl halides is 4. The zero-order chi connectivity index (χ0) is 28.2. The third-order valence-corrected chi connectivity index (χ3v) is 9.40. The van der Waals surface area contributed by atoms with E-state index in [-0.39, 0.29) is 31.7 Å². The summed E-state index contributed by atoms with van der Waals surface area (Å²) < 4.78 is 55.3. The Morgan fingerprint density at radius 2 is 1.67 bits per heavy atom. The predicted molar refractivity (Wildman–Crippen MR) is 136 cm³/mol. The van der Waals surface area contributed by atoms with Crippen LogP contribution in [0.5, 0.6) is 0 Å². The summed E-state index contributed by atoms with van der Waals surface area (Å²) in [5.74, 6) is -1.91. The molecular formula is C30H33F4NO4. The Bertz CT molecular complexity index is 1250. The minimum absolute atomic E-state index is 0.0736. The second-order valence-electron chi connectivity index (χ2n) is 11.6. The number of aliphatic hydroxyl groups is 1. The summed E-state index contributed by atoms with van der Waals surface area (Å²) in [6.45, 7) is 0.904. The molecule has 2 aliphatic carbocycles. The van der Waals surface area contributed by atoms with E-state index in [2.05, 4.69) is 0 Å². The first-order valence-electron chi connectivity index (χ1n) is 13.5. The Balaban J connectivity index is 1.51. The minimum Gasteiger partial charge on any atom is -0.481 e. The maximum absolute atomic E-state index is 14.9. The second-order valence-corrected chi connectivity index (χ2v) is 11.6. The molecule has 3 atom stereocenters. The van der Waals surface area contributed by atoms with Gasteiger partial charge in [0.15, 0.2) is 0 Å². The van der Waals surface area contributed by atoms with Gasteiger partial charge in [0.1, 0.15) is 5.60 Å². The van der Waals surface area contributed by atoms with Crippen LogP contribution in [-0.2, 0) is 33.5 Å². The van der Waals surface area contributed by atoms with Crippen LogP contribution in [0, 0.1) is 5.92 Å². The van der Waals surface area contributed by atoms with Gasteiger partial charge in [-0.1, -0.05) is 48.5 Å². The van der Waals surface area contributed by atoms with Gasteiger partial charge in [-0.05, 0) is 80.5 Å². The van der Waals surface area contributed by atoms with E-state index in [0.717, 1.165) is 11.1 Å². The molecule has 0 bridgehead atoms. The quantitative estimate of drug-likeness (QED) is 0.487. The van der Waals surface area contributed by atoms with Gasteiger partial charge in [0.25, 0.3) is 5.91 Å². The summed E-state index contributed by atoms with van der Waals surface area (Å²) in [5.41, 5.74) is -3.67. The summed E-state index contributed by atoms with van der Waals surface area (Å²) in [6, 6.07) is 13.5. The molecule has 0 spiro atoms. The number of carboxylic acid groups (broad SMARTS) is 1. The van der Waals surface area contributed by atoms with Gasteiger partial charge >= 0.3 is 12.1 Å². The van der Waals surface area contributed by atoms with Crippen LogP contribution in [-0.4, -0.2) is 51.4 Å². The van der Waals surface area contributed by atoms with Crippen LogP contribution in [0.2, 0.25) is 0 Å². The van der Waals surface area contributed by atoms with E-state index < -0.39 is 46.2 Å². The van der Waals surface area contributed by atoms with Crippen molar-refractivity contribution in [2.24, 2.45) is 5.92 Å². The standard InChI is InChI=1S/C30H33F4NO4/c1-27(31,30(32,33)34)22-8-9-23-21(17-22)7-10-24-28(23,18-19-5-3-2-4-6-19)15-16-35(24)26(38)29(39)13-11-20(12-14-29)25(36)37/h2-6,8-9,17,20,24,39H,7,10-16,18H2,1H3,(H,36,37)/t20-,24-,27?,28-,29+/m1/s1. The highest BCUT2D eigenvalue weighted by atomic mass is 19.4. The summed E-state index contributed by atoms with van der Waals surface area (Å²) in [5, 5.41) is 20.7. The fourth-order valence-electron chi connectivity index (χ4n) is 7.05. The minimum atomic E-state index is -5.05. The highest BCUT2D eigenvalue weighted by Crippen LogP contribution is 2.52. The van der Waals surface area contributed by atoms with Crippen molar-refractivity contribution in [3.63, 3.8) is 0 Å². The average molecular weight is 548 g/mol. The zero-order valence-corrected chi connectivity index (χ0v) is 21.8. The normalized spacial score (nSPS) is 30.3. The van der Waals surface area contributed by atoms with Crippen LogP contribution < -0.4 is 0 Å². The maximum atomic E-state index is 14.9. The molecule has 5 rings (SSSR count). The van der Waals surface area contributed by atoms with E-state index in [1.165, 1.54) is 12.1 Å². The van der Waals surface area contributed by atoms with Gasteiger partial charge in [-0.15, -0.1) is 0 Å². The van der Waals surface area contributed by atoms with Gasteiger partial charge in [0, 0.05) is 18.0 Å². The number of benzene rings is 2. The number of hydrogen-bond acceptors (Lipinski definition) is 3. The number of aryl methyl sites for hydroxylation is 1. The van der Waals surface area contributed by atoms with Crippen molar-refractivity contribution >= 4 is 11.9 Å². The fraction of sp³-hybridized carbons (Fsp3) is 0.533. The first-order valence-corrected chi connectivity index (χ1v) is 13.5. The molecule has 9 heteroatoms. The number of nitrogens with zero attached hydrogens (tertiary/aromatic N) is 1. The number of rotatable bonds is 5.